The monoisotopic (exact) mass is 1170 g/mol. The topological polar surface area (TPSA) is 255 Å². The van der Waals surface area contributed by atoms with Crippen LogP contribution in [0.3, 0.4) is 0 Å². The molecule has 0 spiro atoms. The van der Waals surface area contributed by atoms with Gasteiger partial charge in [-0.05, 0) is 159 Å². The molecule has 7 N–H and O–H groups in total. The number of aromatic amines is 1. The highest BCUT2D eigenvalue weighted by molar-refractivity contribution is 7.07. The molecule has 19 nitrogen and oxygen atoms in total. The van der Waals surface area contributed by atoms with Gasteiger partial charge in [0.05, 0.1) is 30.3 Å². The number of ether oxygens (including phenoxy) is 4. The van der Waals surface area contributed by atoms with Gasteiger partial charge in [-0.25, -0.2) is 9.97 Å². The number of hydrogen-bond acceptors (Lipinski definition) is 17. The third-order valence-electron chi connectivity index (χ3n) is 14.7. The molecule has 3 fully saturated rings. The molecule has 1 aliphatic carbocycles. The number of H-pyrrole nitrogens is 1. The zero-order chi connectivity index (χ0) is 60.2. The summed E-state index contributed by atoms with van der Waals surface area (Å²) in [5.74, 6) is 3.79. The van der Waals surface area contributed by atoms with Crippen molar-refractivity contribution in [1.29, 1.82) is 0 Å². The number of anilines is 1. The molecule has 3 aromatic heterocycles. The maximum Gasteiger partial charge on any atom is 0.234 e. The summed E-state index contributed by atoms with van der Waals surface area (Å²) in [6.45, 7) is 11.5. The summed E-state index contributed by atoms with van der Waals surface area (Å²) in [6, 6.07) is 26.4. The lowest BCUT2D eigenvalue weighted by atomic mass is 9.86. The van der Waals surface area contributed by atoms with Gasteiger partial charge in [0, 0.05) is 92.6 Å². The number of benzene rings is 3. The minimum atomic E-state index is -0.355. The molecular weight excluding hydrogens is 1080 g/mol. The number of nitrogens with one attached hydrogen (secondary N) is 3. The fourth-order valence-electron chi connectivity index (χ4n) is 9.63. The summed E-state index contributed by atoms with van der Waals surface area (Å²) in [4.78, 5) is 62.7. The number of ketones is 1. The fraction of sp³-hybridized carbons (Fsp3) is 0.500. The van der Waals surface area contributed by atoms with Crippen molar-refractivity contribution >= 4 is 40.9 Å². The number of unbranched alkanes of at least 4 members (excludes halogenated alkanes) is 2. The number of pyridine rings is 1. The molecule has 5 heterocycles. The van der Waals surface area contributed by atoms with Gasteiger partial charge in [0.25, 0.3) is 0 Å². The first kappa shape index (κ1) is 67.8. The number of hydrogen-bond donors (Lipinski definition) is 5. The van der Waals surface area contributed by atoms with Crippen molar-refractivity contribution in [2.75, 3.05) is 92.3 Å². The van der Waals surface area contributed by atoms with E-state index in [0.29, 0.717) is 66.6 Å². The van der Waals surface area contributed by atoms with Crippen molar-refractivity contribution in [3.63, 3.8) is 0 Å². The van der Waals surface area contributed by atoms with E-state index in [-0.39, 0.29) is 23.3 Å². The van der Waals surface area contributed by atoms with E-state index < -0.39 is 0 Å². The summed E-state index contributed by atoms with van der Waals surface area (Å²) in [5.41, 5.74) is 15.4. The number of aryl methyl sites for hydroxylation is 1. The van der Waals surface area contributed by atoms with E-state index in [1.807, 2.05) is 54.6 Å². The molecule has 1 saturated carbocycles. The quantitative estimate of drug-likeness (QED) is 0.0192. The SMILES string of the molecule is CN.CN1CCC(Nc2cccc(C=O)c2)(c2nc(-c3ccncc3)n[nH]2)CC1.CN[C@@H](C)C(N)=O.Cc1cccc(OCCCCCOCCCOCCOc2cccc(C(=O)c3cscn3)c2)c1.O=C(CC1CCCCC1)N1CCCC1. The number of nitrogens with zero attached hydrogens (tertiary/aromatic N) is 6. The third kappa shape index (κ3) is 24.3. The summed E-state index contributed by atoms with van der Waals surface area (Å²) in [7, 11) is 5.31. The van der Waals surface area contributed by atoms with Gasteiger partial charge in [-0.2, -0.15) is 5.10 Å². The van der Waals surface area contributed by atoms with Crippen LogP contribution in [0.2, 0.25) is 0 Å². The van der Waals surface area contributed by atoms with Crippen molar-refractivity contribution in [3.05, 3.63) is 136 Å². The molecule has 0 radical (unpaired) electrons. The van der Waals surface area contributed by atoms with E-state index in [1.54, 1.807) is 55.5 Å². The second-order valence-electron chi connectivity index (χ2n) is 21.1. The first-order valence-corrected chi connectivity index (χ1v) is 30.6. The number of piperidine rings is 1. The van der Waals surface area contributed by atoms with Crippen molar-refractivity contribution < 1.29 is 38.1 Å². The van der Waals surface area contributed by atoms with E-state index in [0.717, 1.165) is 113 Å². The van der Waals surface area contributed by atoms with Gasteiger partial charge in [-0.1, -0.05) is 55.7 Å². The zero-order valence-corrected chi connectivity index (χ0v) is 50.9. The molecule has 9 rings (SSSR count). The van der Waals surface area contributed by atoms with Gasteiger partial charge in [0.15, 0.2) is 11.6 Å². The number of primary amides is 1. The molecule has 3 aromatic carbocycles. The molecule has 6 aromatic rings. The van der Waals surface area contributed by atoms with Crippen molar-refractivity contribution in [2.45, 2.75) is 115 Å². The summed E-state index contributed by atoms with van der Waals surface area (Å²) in [6.07, 6.45) is 20.1. The number of aldehydes is 1. The van der Waals surface area contributed by atoms with Crippen molar-refractivity contribution in [2.24, 2.45) is 17.4 Å². The second kappa shape index (κ2) is 38.8. The van der Waals surface area contributed by atoms with Crippen LogP contribution < -0.4 is 31.6 Å². The number of nitrogens with two attached hydrogens (primary N) is 2. The molecule has 3 aliphatic rings. The minimum absolute atomic E-state index is 0.0986. The number of likely N-dealkylation sites (N-methyl/N-ethyl adjacent to an activating group) is 1. The van der Waals surface area contributed by atoms with E-state index in [1.165, 1.54) is 68.9 Å². The Balaban J connectivity index is 0.000000227. The van der Waals surface area contributed by atoms with Gasteiger partial charge in [0.1, 0.15) is 30.1 Å². The lowest BCUT2D eigenvalue weighted by Gasteiger charge is -2.40. The summed E-state index contributed by atoms with van der Waals surface area (Å²) in [5, 5.41) is 15.6. The van der Waals surface area contributed by atoms with E-state index in [9.17, 15) is 19.2 Å². The molecule has 20 heteroatoms. The van der Waals surface area contributed by atoms with Gasteiger partial charge >= 0.3 is 0 Å². The van der Waals surface area contributed by atoms with Gasteiger partial charge in [0.2, 0.25) is 17.6 Å². The smallest absolute Gasteiger partial charge is 0.234 e. The number of amides is 2. The van der Waals surface area contributed by atoms with Crippen molar-refractivity contribution in [1.82, 2.24) is 40.3 Å². The predicted molar refractivity (Wildman–Crippen MR) is 333 cm³/mol. The normalized spacial score (nSPS) is 15.0. The van der Waals surface area contributed by atoms with Crippen LogP contribution in [0, 0.1) is 12.8 Å². The standard InChI is InChI=1S/C27H33NO5S.C20H22N6O.C12H21NO.C4H10N2O.CH5N/c1-22-8-5-10-24(18-22)32-15-4-2-3-12-30-13-7-14-31-16-17-33-25-11-6-9-23(19-25)27(29)26-20-34-21-28-26;1-26-11-7-20(8-12-26,23-17-4-2-3-15(13-17)14-27)19-22-18(24-25-19)16-5-9-21-10-6-16;14-12(13-8-4-5-9-13)10-11-6-2-1-3-7-11;1-3(6-2)4(5)7;1-2/h5-6,8-11,18-21H,2-4,7,12-17H2,1H3;2-6,9-10,13-14,23H,7-8,11-12H2,1H3,(H,22,24,25);11H,1-10H2;3,6H,1-2H3,(H2,5,7);2H2,1H3/t;;;3-;/m...0./s1. The number of likely N-dealkylation sites (tertiary alicyclic amines) is 2. The Morgan fingerprint density at radius 1 is 0.798 bits per heavy atom. The number of aromatic nitrogens is 5. The van der Waals surface area contributed by atoms with Gasteiger partial charge in [-0.3, -0.25) is 29.3 Å². The first-order valence-electron chi connectivity index (χ1n) is 29.6. The fourth-order valence-corrected chi connectivity index (χ4v) is 10.2. The number of carbonyl (C=O) groups is 4. The molecule has 2 saturated heterocycles. The largest absolute Gasteiger partial charge is 0.494 e. The van der Waals surface area contributed by atoms with E-state index in [2.05, 4.69) is 72.4 Å². The van der Waals surface area contributed by atoms with Crippen LogP contribution in [0.4, 0.5) is 5.69 Å². The molecule has 0 bridgehead atoms. The van der Waals surface area contributed by atoms with Crippen LogP contribution >= 0.6 is 11.3 Å². The first-order chi connectivity index (χ1) is 40.9. The molecule has 0 unspecified atom stereocenters. The summed E-state index contributed by atoms with van der Waals surface area (Å²) >= 11 is 1.40. The Labute approximate surface area is 501 Å². The number of thiazole rings is 1. The van der Waals surface area contributed by atoms with Crippen LogP contribution in [0.25, 0.3) is 11.4 Å². The highest BCUT2D eigenvalue weighted by atomic mass is 32.1. The lowest BCUT2D eigenvalue weighted by Crippen LogP contribution is -2.46. The average Bonchev–Trinajstić information content (AvgIpc) is 4.03. The zero-order valence-electron chi connectivity index (χ0n) is 50.1. The molecule has 2 amide bonds. The molecule has 1 atom stereocenters. The van der Waals surface area contributed by atoms with E-state index >= 15 is 0 Å². The minimum Gasteiger partial charge on any atom is -0.494 e. The second-order valence-corrected chi connectivity index (χ2v) is 21.8. The van der Waals surface area contributed by atoms with Crippen LogP contribution in [-0.4, -0.2) is 152 Å². The Bertz CT molecular complexity index is 2780. The number of carbonyl (C=O) groups excluding carboxylic acids is 4. The maximum absolute atomic E-state index is 12.4. The molecule has 84 heavy (non-hydrogen) atoms. The van der Waals surface area contributed by atoms with Gasteiger partial charge < -0.3 is 50.8 Å². The van der Waals surface area contributed by atoms with Crippen LogP contribution in [0.1, 0.15) is 135 Å². The van der Waals surface area contributed by atoms with Crippen molar-refractivity contribution in [3.8, 4) is 22.9 Å². The van der Waals surface area contributed by atoms with Crippen LogP contribution in [0.5, 0.6) is 11.5 Å². The number of rotatable bonds is 26. The molecular formula is C64H91N11O8S. The highest BCUT2D eigenvalue weighted by Gasteiger charge is 2.39. The predicted octanol–water partition coefficient (Wildman–Crippen LogP) is 9.68. The Kier molecular flexibility index (Phi) is 31.4. The third-order valence-corrected chi connectivity index (χ3v) is 15.2. The maximum atomic E-state index is 12.4. The highest BCUT2D eigenvalue weighted by Crippen LogP contribution is 2.35. The average molecular weight is 1170 g/mol. The Morgan fingerprint density at radius 2 is 1.46 bits per heavy atom. The van der Waals surface area contributed by atoms with Gasteiger partial charge in [-0.15, -0.1) is 11.3 Å². The lowest BCUT2D eigenvalue weighted by molar-refractivity contribution is -0.131. The van der Waals surface area contributed by atoms with Crippen LogP contribution in [0.15, 0.2) is 108 Å². The molecule has 456 valence electrons. The summed E-state index contributed by atoms with van der Waals surface area (Å²) < 4.78 is 22.7. The Morgan fingerprint density at radius 3 is 2.13 bits per heavy atom. The molecule has 2 aliphatic heterocycles. The Hall–Kier alpha value is -6.94. The van der Waals surface area contributed by atoms with E-state index in [4.69, 9.17) is 29.7 Å². The van der Waals surface area contributed by atoms with Crippen LogP contribution in [-0.2, 0) is 24.6 Å².